The molecule has 1 aromatic carbocycles. The number of hydrogen-bond donors (Lipinski definition) is 2. The van der Waals surface area contributed by atoms with Crippen LogP contribution in [-0.2, 0) is 0 Å². The van der Waals surface area contributed by atoms with Crippen LogP contribution in [0.25, 0.3) is 0 Å². The molecule has 1 amide bonds. The van der Waals surface area contributed by atoms with Crippen molar-refractivity contribution < 1.29 is 18.8 Å². The maximum Gasteiger partial charge on any atom is 0.274 e. The second kappa shape index (κ2) is 7.73. The number of benzene rings is 1. The van der Waals surface area contributed by atoms with E-state index in [-0.39, 0.29) is 17.5 Å². The largest absolute Gasteiger partial charge is 0.493 e. The summed E-state index contributed by atoms with van der Waals surface area (Å²) < 4.78 is 15.4. The van der Waals surface area contributed by atoms with E-state index in [9.17, 15) is 4.79 Å². The number of anilines is 3. The first kappa shape index (κ1) is 18.2. The van der Waals surface area contributed by atoms with Gasteiger partial charge in [0, 0.05) is 23.5 Å². The second-order valence-corrected chi connectivity index (χ2v) is 5.69. The van der Waals surface area contributed by atoms with E-state index in [4.69, 9.17) is 14.0 Å². The van der Waals surface area contributed by atoms with Gasteiger partial charge >= 0.3 is 0 Å². The smallest absolute Gasteiger partial charge is 0.274 e. The predicted molar refractivity (Wildman–Crippen MR) is 98.8 cm³/mol. The second-order valence-electron chi connectivity index (χ2n) is 5.69. The Hall–Kier alpha value is -3.62. The van der Waals surface area contributed by atoms with Crippen LogP contribution in [0.15, 0.2) is 34.9 Å². The Morgan fingerprint density at radius 3 is 2.48 bits per heavy atom. The number of rotatable bonds is 6. The van der Waals surface area contributed by atoms with Crippen molar-refractivity contribution in [2.24, 2.45) is 0 Å². The third kappa shape index (κ3) is 4.32. The summed E-state index contributed by atoms with van der Waals surface area (Å²) in [6, 6.07) is 8.39. The van der Waals surface area contributed by atoms with Crippen LogP contribution < -0.4 is 20.1 Å². The molecule has 140 valence electrons. The molecule has 0 bridgehead atoms. The molecule has 0 saturated heterocycles. The minimum absolute atomic E-state index is 0.208. The normalized spacial score (nSPS) is 10.4. The average Bonchev–Trinajstić information content (AvgIpc) is 3.05. The van der Waals surface area contributed by atoms with Crippen molar-refractivity contribution in [3.63, 3.8) is 0 Å². The van der Waals surface area contributed by atoms with Gasteiger partial charge in [0.25, 0.3) is 5.91 Å². The Morgan fingerprint density at radius 1 is 1.04 bits per heavy atom. The van der Waals surface area contributed by atoms with Gasteiger partial charge in [-0.2, -0.15) is 0 Å². The fourth-order valence-corrected chi connectivity index (χ4v) is 2.39. The van der Waals surface area contributed by atoms with Crippen LogP contribution in [0.5, 0.6) is 11.5 Å². The molecule has 0 fully saturated rings. The van der Waals surface area contributed by atoms with E-state index >= 15 is 0 Å². The van der Waals surface area contributed by atoms with Crippen LogP contribution >= 0.6 is 0 Å². The number of methoxy groups -OCH3 is 2. The van der Waals surface area contributed by atoms with Crippen molar-refractivity contribution in [1.29, 1.82) is 0 Å². The monoisotopic (exact) mass is 369 g/mol. The lowest BCUT2D eigenvalue weighted by atomic mass is 10.2. The van der Waals surface area contributed by atoms with E-state index in [0.29, 0.717) is 34.5 Å². The highest BCUT2D eigenvalue weighted by molar-refractivity contribution is 6.03. The summed E-state index contributed by atoms with van der Waals surface area (Å²) in [5.74, 6) is 2.06. The molecule has 0 spiro atoms. The molecule has 2 heterocycles. The van der Waals surface area contributed by atoms with Crippen LogP contribution in [-0.4, -0.2) is 35.3 Å². The molecule has 0 radical (unpaired) electrons. The van der Waals surface area contributed by atoms with E-state index in [0.717, 1.165) is 0 Å². The molecule has 0 saturated carbocycles. The van der Waals surface area contributed by atoms with Gasteiger partial charge in [-0.25, -0.2) is 9.97 Å². The van der Waals surface area contributed by atoms with E-state index in [1.165, 1.54) is 7.11 Å². The maximum absolute atomic E-state index is 12.6. The molecule has 2 N–H and O–H groups in total. The van der Waals surface area contributed by atoms with Gasteiger partial charge in [0.1, 0.15) is 11.5 Å². The average molecular weight is 369 g/mol. The first-order valence-corrected chi connectivity index (χ1v) is 8.08. The highest BCUT2D eigenvalue weighted by atomic mass is 16.5. The van der Waals surface area contributed by atoms with Crippen LogP contribution in [0.4, 0.5) is 17.5 Å². The van der Waals surface area contributed by atoms with Crippen LogP contribution in [0.1, 0.15) is 21.9 Å². The number of carbonyl (C=O) groups is 1. The first-order valence-electron chi connectivity index (χ1n) is 8.08. The minimum atomic E-state index is -0.382. The summed E-state index contributed by atoms with van der Waals surface area (Å²) in [5, 5.41) is 9.52. The summed E-state index contributed by atoms with van der Waals surface area (Å²) in [6.07, 6.45) is 0. The highest BCUT2D eigenvalue weighted by Crippen LogP contribution is 2.29. The molecular weight excluding hydrogens is 350 g/mol. The molecule has 0 aliphatic rings. The first-order chi connectivity index (χ1) is 13.0. The van der Waals surface area contributed by atoms with Gasteiger partial charge in [-0.3, -0.25) is 4.79 Å². The molecule has 0 aliphatic carbocycles. The van der Waals surface area contributed by atoms with Crippen LogP contribution in [0, 0.1) is 13.8 Å². The molecule has 3 rings (SSSR count). The maximum atomic E-state index is 12.6. The van der Waals surface area contributed by atoms with Gasteiger partial charge < -0.3 is 24.6 Å². The molecule has 9 nitrogen and oxygen atoms in total. The van der Waals surface area contributed by atoms with Crippen molar-refractivity contribution in [1.82, 2.24) is 15.1 Å². The molecule has 3 aromatic rings. The summed E-state index contributed by atoms with van der Waals surface area (Å²) >= 11 is 0. The fraction of sp³-hybridized carbons (Fsp3) is 0.222. The number of nitrogens with zero attached hydrogens (tertiary/aromatic N) is 3. The summed E-state index contributed by atoms with van der Waals surface area (Å²) in [7, 11) is 3.07. The molecule has 0 atom stereocenters. The third-order valence-corrected chi connectivity index (χ3v) is 3.60. The number of carbonyl (C=O) groups excluding carboxylic acids is 1. The standard InChI is InChI=1S/C18H19N5O4/c1-10-7-13(21-18(19-10)22-16-8-11(2)27-23-16)17(24)20-12-5-6-14(25-3)15(9-12)26-4/h5-9H,1-4H3,(H,20,24)(H,19,21,22,23). The van der Waals surface area contributed by atoms with E-state index in [1.807, 2.05) is 0 Å². The van der Waals surface area contributed by atoms with Crippen LogP contribution in [0.2, 0.25) is 0 Å². The van der Waals surface area contributed by atoms with Gasteiger partial charge in [0.15, 0.2) is 17.3 Å². The number of ether oxygens (including phenoxy) is 2. The van der Waals surface area contributed by atoms with Crippen LogP contribution in [0.3, 0.4) is 0 Å². The Kier molecular flexibility index (Phi) is 5.20. The highest BCUT2D eigenvalue weighted by Gasteiger charge is 2.13. The molecule has 2 aromatic heterocycles. The minimum Gasteiger partial charge on any atom is -0.493 e. The van der Waals surface area contributed by atoms with Crippen molar-refractivity contribution >= 4 is 23.4 Å². The van der Waals surface area contributed by atoms with Crippen molar-refractivity contribution in [2.45, 2.75) is 13.8 Å². The van der Waals surface area contributed by atoms with Crippen molar-refractivity contribution in [2.75, 3.05) is 24.9 Å². The molecule has 27 heavy (non-hydrogen) atoms. The van der Waals surface area contributed by atoms with Gasteiger partial charge in [-0.05, 0) is 32.0 Å². The van der Waals surface area contributed by atoms with Gasteiger partial charge in [-0.1, -0.05) is 5.16 Å². The van der Waals surface area contributed by atoms with E-state index in [2.05, 4.69) is 25.8 Å². The zero-order chi connectivity index (χ0) is 19.4. The number of amides is 1. The van der Waals surface area contributed by atoms with Gasteiger partial charge in [0.05, 0.1) is 14.2 Å². The Balaban J connectivity index is 1.80. The van der Waals surface area contributed by atoms with Crippen molar-refractivity contribution in [3.8, 4) is 11.5 Å². The van der Waals surface area contributed by atoms with Gasteiger partial charge in [-0.15, -0.1) is 0 Å². The molecule has 0 aliphatic heterocycles. The summed E-state index contributed by atoms with van der Waals surface area (Å²) in [5.41, 5.74) is 1.39. The molecular formula is C18H19N5O4. The zero-order valence-electron chi connectivity index (χ0n) is 15.4. The molecule has 0 unspecified atom stereocenters. The summed E-state index contributed by atoms with van der Waals surface area (Å²) in [4.78, 5) is 21.1. The summed E-state index contributed by atoms with van der Waals surface area (Å²) in [6.45, 7) is 3.55. The Labute approximate surface area is 155 Å². The topological polar surface area (TPSA) is 111 Å². The fourth-order valence-electron chi connectivity index (χ4n) is 2.39. The third-order valence-electron chi connectivity index (χ3n) is 3.60. The SMILES string of the molecule is COc1ccc(NC(=O)c2cc(C)nc(Nc3cc(C)on3)n2)cc1OC. The Morgan fingerprint density at radius 2 is 1.81 bits per heavy atom. The lowest BCUT2D eigenvalue weighted by Gasteiger charge is -2.11. The molecule has 9 heteroatoms. The lowest BCUT2D eigenvalue weighted by molar-refractivity contribution is 0.102. The number of aryl methyl sites for hydroxylation is 2. The quantitative estimate of drug-likeness (QED) is 0.682. The van der Waals surface area contributed by atoms with E-state index in [1.54, 1.807) is 51.3 Å². The van der Waals surface area contributed by atoms with Crippen molar-refractivity contribution in [3.05, 3.63) is 47.5 Å². The van der Waals surface area contributed by atoms with Gasteiger partial charge in [0.2, 0.25) is 5.95 Å². The lowest BCUT2D eigenvalue weighted by Crippen LogP contribution is -2.15. The zero-order valence-corrected chi connectivity index (χ0v) is 15.4. The van der Waals surface area contributed by atoms with E-state index < -0.39 is 0 Å². The number of aromatic nitrogens is 3. The Bertz CT molecular complexity index is 970. The predicted octanol–water partition coefficient (Wildman–Crippen LogP) is 3.09. The number of nitrogens with one attached hydrogen (secondary N) is 2. The number of hydrogen-bond acceptors (Lipinski definition) is 8.